The van der Waals surface area contributed by atoms with Gasteiger partial charge in [0.1, 0.15) is 16.8 Å². The lowest BCUT2D eigenvalue weighted by Crippen LogP contribution is -2.20. The molecule has 4 nitrogen and oxygen atoms in total. The molecule has 0 aliphatic carbocycles. The lowest BCUT2D eigenvalue weighted by Gasteiger charge is -2.08. The molecule has 0 bridgehead atoms. The Hall–Kier alpha value is -2.21. The summed E-state index contributed by atoms with van der Waals surface area (Å²) < 4.78 is 26.0. The van der Waals surface area contributed by atoms with E-state index in [1.54, 1.807) is 0 Å². The second kappa shape index (κ2) is 5.62. The molecule has 7 heteroatoms. The molecule has 2 N–H and O–H groups in total. The second-order valence-electron chi connectivity index (χ2n) is 3.57. The summed E-state index contributed by atoms with van der Waals surface area (Å²) in [6.07, 6.45) is 1.41. The highest BCUT2D eigenvalue weighted by molar-refractivity contribution is 6.29. The third kappa shape index (κ3) is 3.62. The molecule has 0 aliphatic rings. The van der Waals surface area contributed by atoms with E-state index in [0.29, 0.717) is 11.8 Å². The number of nitrogens with zero attached hydrogens (tertiary/aromatic N) is 1. The fraction of sp³-hybridized carbons (Fsp3) is 0. The van der Waals surface area contributed by atoms with Gasteiger partial charge in [-0.05, 0) is 24.3 Å². The summed E-state index contributed by atoms with van der Waals surface area (Å²) in [5, 5.41) is 4.90. The monoisotopic (exact) mass is 283 g/mol. The maximum atomic E-state index is 13.3. The van der Waals surface area contributed by atoms with Crippen LogP contribution in [0.3, 0.4) is 0 Å². The number of anilines is 2. The van der Waals surface area contributed by atoms with Crippen LogP contribution in [0.1, 0.15) is 0 Å². The normalized spacial score (nSPS) is 10.1. The zero-order valence-electron chi connectivity index (χ0n) is 9.45. The number of amides is 2. The minimum atomic E-state index is -0.858. The number of hydrogen-bond donors (Lipinski definition) is 2. The van der Waals surface area contributed by atoms with E-state index in [2.05, 4.69) is 15.6 Å². The van der Waals surface area contributed by atoms with Crippen LogP contribution in [0.15, 0.2) is 36.5 Å². The molecular weight excluding hydrogens is 276 g/mol. The molecule has 0 unspecified atom stereocenters. The first-order chi connectivity index (χ1) is 9.04. The van der Waals surface area contributed by atoms with Crippen molar-refractivity contribution in [2.45, 2.75) is 0 Å². The van der Waals surface area contributed by atoms with Gasteiger partial charge in [-0.25, -0.2) is 18.6 Å². The summed E-state index contributed by atoms with van der Waals surface area (Å²) in [5.41, 5.74) is 0.277. The molecule has 1 aromatic carbocycles. The number of benzene rings is 1. The van der Waals surface area contributed by atoms with E-state index in [4.69, 9.17) is 11.6 Å². The number of nitrogens with one attached hydrogen (secondary N) is 2. The molecule has 0 fully saturated rings. The Balaban J connectivity index is 2.05. The molecule has 0 atom stereocenters. The smallest absolute Gasteiger partial charge is 0.308 e. The highest BCUT2D eigenvalue weighted by Crippen LogP contribution is 2.16. The van der Waals surface area contributed by atoms with E-state index in [1.807, 2.05) is 0 Å². The first kappa shape index (κ1) is 13.2. The van der Waals surface area contributed by atoms with E-state index < -0.39 is 17.7 Å². The van der Waals surface area contributed by atoms with Crippen LogP contribution in [0.2, 0.25) is 5.15 Å². The number of carbonyl (C=O) groups excluding carboxylic acids is 1. The van der Waals surface area contributed by atoms with Gasteiger partial charge < -0.3 is 10.6 Å². The third-order valence-electron chi connectivity index (χ3n) is 2.16. The topological polar surface area (TPSA) is 54.0 Å². The van der Waals surface area contributed by atoms with Crippen LogP contribution in [0.25, 0.3) is 0 Å². The maximum Gasteiger partial charge on any atom is 0.323 e. The molecular formula is C12H8ClF2N3O. The predicted molar refractivity (Wildman–Crippen MR) is 68.2 cm³/mol. The van der Waals surface area contributed by atoms with Crippen LogP contribution >= 0.6 is 11.6 Å². The van der Waals surface area contributed by atoms with Gasteiger partial charge >= 0.3 is 6.03 Å². The molecule has 1 aromatic heterocycles. The number of halogens is 3. The van der Waals surface area contributed by atoms with Crippen LogP contribution in [-0.4, -0.2) is 11.0 Å². The average molecular weight is 284 g/mol. The first-order valence-electron chi connectivity index (χ1n) is 5.19. The number of aromatic nitrogens is 1. The van der Waals surface area contributed by atoms with Gasteiger partial charge in [0.2, 0.25) is 0 Å². The van der Waals surface area contributed by atoms with Crippen molar-refractivity contribution < 1.29 is 13.6 Å². The summed E-state index contributed by atoms with van der Waals surface area (Å²) >= 11 is 5.65. The molecule has 2 rings (SSSR count). The molecule has 0 radical (unpaired) electrons. The average Bonchev–Trinajstić information content (AvgIpc) is 2.33. The van der Waals surface area contributed by atoms with Crippen molar-refractivity contribution >= 4 is 29.0 Å². The number of carbonyl (C=O) groups is 1. The van der Waals surface area contributed by atoms with E-state index in [0.717, 1.165) is 12.1 Å². The number of pyridine rings is 1. The number of rotatable bonds is 2. The predicted octanol–water partition coefficient (Wildman–Crippen LogP) is 3.66. The molecule has 0 aliphatic heterocycles. The Bertz CT molecular complexity index is 622. The number of hydrogen-bond acceptors (Lipinski definition) is 2. The standard InChI is InChI=1S/C12H8ClF2N3O/c13-11-6-8(3-4-16-11)17-12(19)18-10-2-1-7(14)5-9(10)15/h1-6H,(H2,16,17,18,19). The van der Waals surface area contributed by atoms with Gasteiger partial charge in [-0.2, -0.15) is 0 Å². The Morgan fingerprint density at radius 3 is 2.63 bits per heavy atom. The molecule has 0 saturated heterocycles. The molecule has 98 valence electrons. The Labute approximate surface area is 112 Å². The summed E-state index contributed by atoms with van der Waals surface area (Å²) in [6.45, 7) is 0. The van der Waals surface area contributed by atoms with E-state index in [9.17, 15) is 13.6 Å². The summed E-state index contributed by atoms with van der Waals surface area (Å²) in [4.78, 5) is 15.3. The van der Waals surface area contributed by atoms with Crippen molar-refractivity contribution in [2.75, 3.05) is 10.6 Å². The molecule has 19 heavy (non-hydrogen) atoms. The lowest BCUT2D eigenvalue weighted by molar-refractivity contribution is 0.262. The molecule has 0 spiro atoms. The van der Waals surface area contributed by atoms with Gasteiger partial charge in [0.15, 0.2) is 0 Å². The lowest BCUT2D eigenvalue weighted by atomic mass is 10.3. The molecule has 2 aromatic rings. The van der Waals surface area contributed by atoms with E-state index >= 15 is 0 Å². The van der Waals surface area contributed by atoms with Crippen molar-refractivity contribution in [3.8, 4) is 0 Å². The summed E-state index contributed by atoms with van der Waals surface area (Å²) in [7, 11) is 0. The Morgan fingerprint density at radius 1 is 1.16 bits per heavy atom. The quantitative estimate of drug-likeness (QED) is 0.827. The molecule has 1 heterocycles. The number of urea groups is 1. The van der Waals surface area contributed by atoms with Crippen LogP contribution in [0.5, 0.6) is 0 Å². The fourth-order valence-electron chi connectivity index (χ4n) is 1.36. The fourth-order valence-corrected chi connectivity index (χ4v) is 1.53. The maximum absolute atomic E-state index is 13.3. The van der Waals surface area contributed by atoms with Crippen LogP contribution in [0, 0.1) is 11.6 Å². The largest absolute Gasteiger partial charge is 0.323 e. The van der Waals surface area contributed by atoms with Gasteiger partial charge in [-0.1, -0.05) is 11.6 Å². The molecule has 2 amide bonds. The Morgan fingerprint density at radius 2 is 1.95 bits per heavy atom. The SMILES string of the molecule is O=C(Nc1ccnc(Cl)c1)Nc1ccc(F)cc1F. The van der Waals surface area contributed by atoms with Crippen molar-refractivity contribution in [3.63, 3.8) is 0 Å². The van der Waals surface area contributed by atoms with Crippen molar-refractivity contribution in [2.24, 2.45) is 0 Å². The minimum absolute atomic E-state index is 0.126. The highest BCUT2D eigenvalue weighted by atomic mass is 35.5. The van der Waals surface area contributed by atoms with Gasteiger partial charge in [-0.3, -0.25) is 0 Å². The van der Waals surface area contributed by atoms with Crippen molar-refractivity contribution in [3.05, 3.63) is 53.3 Å². The van der Waals surface area contributed by atoms with Gasteiger partial charge in [0, 0.05) is 18.0 Å². The van der Waals surface area contributed by atoms with Gasteiger partial charge in [0.05, 0.1) is 5.69 Å². The van der Waals surface area contributed by atoms with Gasteiger partial charge in [0.25, 0.3) is 0 Å². The van der Waals surface area contributed by atoms with Crippen molar-refractivity contribution in [1.82, 2.24) is 4.98 Å². The minimum Gasteiger partial charge on any atom is -0.308 e. The van der Waals surface area contributed by atoms with E-state index in [-0.39, 0.29) is 10.8 Å². The van der Waals surface area contributed by atoms with Crippen LogP contribution in [-0.2, 0) is 0 Å². The van der Waals surface area contributed by atoms with Gasteiger partial charge in [-0.15, -0.1) is 0 Å². The summed E-state index contributed by atoms with van der Waals surface area (Å²) in [6, 6.07) is 5.13. The second-order valence-corrected chi connectivity index (χ2v) is 3.96. The first-order valence-corrected chi connectivity index (χ1v) is 5.57. The van der Waals surface area contributed by atoms with E-state index in [1.165, 1.54) is 18.3 Å². The zero-order valence-corrected chi connectivity index (χ0v) is 10.2. The van der Waals surface area contributed by atoms with Crippen LogP contribution in [0.4, 0.5) is 25.0 Å². The zero-order chi connectivity index (χ0) is 13.8. The van der Waals surface area contributed by atoms with Crippen LogP contribution < -0.4 is 10.6 Å². The highest BCUT2D eigenvalue weighted by Gasteiger charge is 2.08. The molecule has 0 saturated carbocycles. The summed E-state index contributed by atoms with van der Waals surface area (Å²) in [5.74, 6) is -1.58. The Kier molecular flexibility index (Phi) is 3.91. The van der Waals surface area contributed by atoms with Crippen molar-refractivity contribution in [1.29, 1.82) is 0 Å². The third-order valence-corrected chi connectivity index (χ3v) is 2.37.